The van der Waals surface area contributed by atoms with Gasteiger partial charge in [-0.05, 0) is 35.5 Å². The molecule has 1 fully saturated rings. The van der Waals surface area contributed by atoms with Gasteiger partial charge >= 0.3 is 0 Å². The molecule has 0 nitrogen and oxygen atoms in total. The number of hydrogen-bond donors (Lipinski definition) is 0. The van der Waals surface area contributed by atoms with Crippen molar-refractivity contribution < 1.29 is 1.43 Å². The molecule has 3 aliphatic rings. The third kappa shape index (κ3) is 3.29. The Morgan fingerprint density at radius 3 is 1.42 bits per heavy atom. The lowest BCUT2D eigenvalue weighted by atomic mass is 9.62. The fourth-order valence-electron chi connectivity index (χ4n) is 3.12. The van der Waals surface area contributed by atoms with E-state index < -0.39 is 0 Å². The van der Waals surface area contributed by atoms with E-state index in [1.165, 1.54) is 6.42 Å². The van der Waals surface area contributed by atoms with Gasteiger partial charge in [0.25, 0.3) is 0 Å². The van der Waals surface area contributed by atoms with Crippen molar-refractivity contribution in [2.75, 3.05) is 0 Å². The van der Waals surface area contributed by atoms with E-state index in [-0.39, 0.29) is 8.85 Å². The van der Waals surface area contributed by atoms with E-state index >= 15 is 0 Å². The summed E-state index contributed by atoms with van der Waals surface area (Å²) in [5.74, 6) is 1.70. The van der Waals surface area contributed by atoms with Crippen molar-refractivity contribution in [1.82, 2.24) is 0 Å². The van der Waals surface area contributed by atoms with Crippen LogP contribution in [-0.2, 0) is 0 Å². The zero-order chi connectivity index (χ0) is 13.8. The van der Waals surface area contributed by atoms with Gasteiger partial charge in [0.2, 0.25) is 0 Å². The van der Waals surface area contributed by atoms with Crippen LogP contribution >= 0.6 is 0 Å². The van der Waals surface area contributed by atoms with Crippen molar-refractivity contribution in [1.29, 1.82) is 0 Å². The largest absolute Gasteiger partial charge is 0.106 e. The molecule has 1 saturated carbocycles. The van der Waals surface area contributed by atoms with Gasteiger partial charge in [-0.25, -0.2) is 0 Å². The molecule has 2 atom stereocenters. The van der Waals surface area contributed by atoms with Gasteiger partial charge < -0.3 is 0 Å². The lowest BCUT2D eigenvalue weighted by molar-refractivity contribution is 0.0961. The minimum atomic E-state index is 0. The molecule has 0 heteroatoms. The molecule has 0 aromatic carbocycles. The second-order valence-corrected chi connectivity index (χ2v) is 6.37. The Morgan fingerprint density at radius 2 is 1.26 bits per heavy atom. The summed E-state index contributed by atoms with van der Waals surface area (Å²) in [7, 11) is 0. The first-order valence-corrected chi connectivity index (χ1v) is 6.96. The molecule has 110 valence electrons. The van der Waals surface area contributed by atoms with E-state index in [1.807, 2.05) is 0 Å². The summed E-state index contributed by atoms with van der Waals surface area (Å²) < 4.78 is 0. The summed E-state index contributed by atoms with van der Waals surface area (Å²) >= 11 is 0. The van der Waals surface area contributed by atoms with Gasteiger partial charge in [-0.15, -0.1) is 13.2 Å². The average Bonchev–Trinajstić information content (AvgIpc) is 3.07. The Morgan fingerprint density at radius 1 is 0.895 bits per heavy atom. The van der Waals surface area contributed by atoms with Crippen LogP contribution in [0.3, 0.4) is 0 Å². The Hall–Kier alpha value is -1.04. The molecule has 2 unspecified atom stereocenters. The molecule has 0 N–H and O–H groups in total. The Balaban J connectivity index is 0. The van der Waals surface area contributed by atoms with E-state index in [0.717, 1.165) is 18.3 Å². The van der Waals surface area contributed by atoms with E-state index in [9.17, 15) is 0 Å². The third-order valence-corrected chi connectivity index (χ3v) is 5.25. The van der Waals surface area contributed by atoms with Crippen LogP contribution in [-0.4, -0.2) is 0 Å². The smallest absolute Gasteiger partial charge is 0 e. The number of allylic oxidation sites excluding steroid dienone is 6. The van der Waals surface area contributed by atoms with Crippen LogP contribution in [0.1, 0.15) is 49.4 Å². The van der Waals surface area contributed by atoms with Gasteiger partial charge in [0, 0.05) is 1.43 Å². The normalized spacial score (nSPS) is 29.9. The molecule has 0 saturated heterocycles. The number of fused-ring (bicyclic) bond motifs is 2. The van der Waals surface area contributed by atoms with E-state index in [4.69, 9.17) is 0 Å². The third-order valence-electron chi connectivity index (χ3n) is 5.25. The van der Waals surface area contributed by atoms with Crippen molar-refractivity contribution in [2.45, 2.75) is 48.0 Å². The minimum Gasteiger partial charge on any atom is -0.106 e. The van der Waals surface area contributed by atoms with E-state index in [0.29, 0.717) is 10.8 Å². The van der Waals surface area contributed by atoms with Gasteiger partial charge in [-0.3, -0.25) is 0 Å². The summed E-state index contributed by atoms with van der Waals surface area (Å²) in [6.45, 7) is 15.7. The monoisotopic (exact) mass is 263 g/mol. The molecule has 2 bridgehead atoms. The van der Waals surface area contributed by atoms with E-state index in [1.54, 1.807) is 0 Å². The quantitative estimate of drug-likeness (QED) is 0.442. The highest BCUT2D eigenvalue weighted by atomic mass is 14.6. The second kappa shape index (κ2) is 6.93. The van der Waals surface area contributed by atoms with Gasteiger partial charge in [0.15, 0.2) is 0 Å². The molecule has 0 radical (unpaired) electrons. The summed E-state index contributed by atoms with van der Waals surface area (Å²) in [5, 5.41) is 0. The maximum atomic E-state index is 3.00. The lowest BCUT2D eigenvalue weighted by Gasteiger charge is -2.42. The first-order chi connectivity index (χ1) is 8.46. The van der Waals surface area contributed by atoms with Gasteiger partial charge in [0.05, 0.1) is 0 Å². The van der Waals surface area contributed by atoms with Crippen LogP contribution in [0.25, 0.3) is 0 Å². The van der Waals surface area contributed by atoms with Crippen molar-refractivity contribution in [3.05, 3.63) is 49.6 Å². The summed E-state index contributed by atoms with van der Waals surface area (Å²) in [6.07, 6.45) is 15.8. The molecular weight excluding hydrogens is 228 g/mol. The molecule has 0 spiro atoms. The molecule has 0 aliphatic heterocycles. The van der Waals surface area contributed by atoms with Crippen molar-refractivity contribution >= 4 is 0 Å². The zero-order valence-electron chi connectivity index (χ0n) is 12.4. The second-order valence-electron chi connectivity index (χ2n) is 6.37. The predicted molar refractivity (Wildman–Crippen MR) is 91.3 cm³/mol. The zero-order valence-corrected chi connectivity index (χ0v) is 12.4. The Bertz CT molecular complexity index is 326. The van der Waals surface area contributed by atoms with Crippen molar-refractivity contribution in [3.8, 4) is 0 Å². The molecular formula is C19H34. The topological polar surface area (TPSA) is 0 Å². The number of hydrogen-bond acceptors (Lipinski definition) is 0. The SMILES string of the molecule is C.C1=CCC=C1.C=C.CC1(C)C2C=CC(C2)C1(C)C.[2HH]. The maximum absolute atomic E-state index is 3.00. The summed E-state index contributed by atoms with van der Waals surface area (Å²) in [4.78, 5) is 0. The Labute approximate surface area is 122 Å². The predicted octanol–water partition coefficient (Wildman–Crippen LogP) is 6.43. The van der Waals surface area contributed by atoms with Crippen molar-refractivity contribution in [2.24, 2.45) is 22.7 Å². The first-order valence-electron chi connectivity index (χ1n) is 6.96. The minimum absolute atomic E-state index is 0. The summed E-state index contributed by atoms with van der Waals surface area (Å²) in [5.41, 5.74) is 1.04. The lowest BCUT2D eigenvalue weighted by Crippen LogP contribution is -2.35. The molecule has 0 aromatic rings. The Kier molecular flexibility index (Phi) is 6.55. The maximum Gasteiger partial charge on any atom is 0 e. The fourth-order valence-corrected chi connectivity index (χ4v) is 3.12. The van der Waals surface area contributed by atoms with Crippen LogP contribution in [0, 0.1) is 22.7 Å². The van der Waals surface area contributed by atoms with Crippen LogP contribution in [0.5, 0.6) is 0 Å². The van der Waals surface area contributed by atoms with Gasteiger partial charge in [0.1, 0.15) is 0 Å². The fraction of sp³-hybridized carbons (Fsp3) is 0.579. The van der Waals surface area contributed by atoms with Gasteiger partial charge in [-0.1, -0.05) is 71.6 Å². The van der Waals surface area contributed by atoms with Gasteiger partial charge in [-0.2, -0.15) is 0 Å². The molecule has 3 aliphatic carbocycles. The highest BCUT2D eigenvalue weighted by Gasteiger charge is 2.55. The van der Waals surface area contributed by atoms with Crippen molar-refractivity contribution in [3.63, 3.8) is 0 Å². The van der Waals surface area contributed by atoms with Crippen LogP contribution in [0.2, 0.25) is 0 Å². The van der Waals surface area contributed by atoms with Crippen LogP contribution < -0.4 is 0 Å². The first kappa shape index (κ1) is 18.0. The molecule has 0 heterocycles. The van der Waals surface area contributed by atoms with E-state index in [2.05, 4.69) is 77.3 Å². The molecule has 0 amide bonds. The standard InChI is InChI=1S/C11H18.C5H6.C2H4.CH4.H2/c1-10(2)8-5-6-9(7-8)11(10,3)4;1-2-4-5-3-1;1-2;;/h5-6,8-9H,7H2,1-4H3;1-4H,5H2;1-2H2;1H4;1H/i;;;;1+1. The summed E-state index contributed by atoms with van der Waals surface area (Å²) in [6, 6.07) is 0. The van der Waals surface area contributed by atoms with Crippen LogP contribution in [0.15, 0.2) is 49.6 Å². The average molecular weight is 263 g/mol. The highest BCUT2D eigenvalue weighted by molar-refractivity contribution is 5.20. The molecule has 19 heavy (non-hydrogen) atoms. The highest BCUT2D eigenvalue weighted by Crippen LogP contribution is 2.62. The molecule has 0 aromatic heterocycles. The molecule has 3 rings (SSSR count). The van der Waals surface area contributed by atoms with Crippen LogP contribution in [0.4, 0.5) is 0 Å². The number of rotatable bonds is 0.